The van der Waals surface area contributed by atoms with Crippen LogP contribution >= 0.6 is 0 Å². The van der Waals surface area contributed by atoms with Crippen molar-refractivity contribution in [3.8, 4) is 0 Å². The predicted molar refractivity (Wildman–Crippen MR) is 73.8 cm³/mol. The Bertz CT molecular complexity index is 415. The van der Waals surface area contributed by atoms with Gasteiger partial charge in [0, 0.05) is 5.56 Å². The van der Waals surface area contributed by atoms with Crippen LogP contribution in [-0.4, -0.2) is 24.5 Å². The van der Waals surface area contributed by atoms with Gasteiger partial charge in [-0.05, 0) is 31.4 Å². The molecule has 19 heavy (non-hydrogen) atoms. The summed E-state index contributed by atoms with van der Waals surface area (Å²) in [6, 6.07) is 8.26. The summed E-state index contributed by atoms with van der Waals surface area (Å²) in [7, 11) is 0. The molecular formula is C15H21NO3. The molecule has 1 rings (SSSR count). The molecule has 1 unspecified atom stereocenters. The monoisotopic (exact) mass is 263 g/mol. The third-order valence-electron chi connectivity index (χ3n) is 2.62. The molecule has 0 radical (unpaired) electrons. The van der Waals surface area contributed by atoms with E-state index in [1.807, 2.05) is 19.9 Å². The normalized spacial score (nSPS) is 12.0. The quantitative estimate of drug-likeness (QED) is 0.802. The number of esters is 1. The van der Waals surface area contributed by atoms with Crippen molar-refractivity contribution in [2.75, 3.05) is 6.61 Å². The Hall–Kier alpha value is -1.84. The van der Waals surface area contributed by atoms with E-state index in [0.29, 0.717) is 24.5 Å². The summed E-state index contributed by atoms with van der Waals surface area (Å²) in [6.45, 7) is 6.07. The van der Waals surface area contributed by atoms with Crippen LogP contribution in [0.4, 0.5) is 0 Å². The van der Waals surface area contributed by atoms with Gasteiger partial charge >= 0.3 is 5.97 Å². The maximum absolute atomic E-state index is 12.0. The number of hydrogen-bond acceptors (Lipinski definition) is 3. The highest BCUT2D eigenvalue weighted by molar-refractivity contribution is 5.96. The van der Waals surface area contributed by atoms with Crippen molar-refractivity contribution < 1.29 is 14.3 Å². The topological polar surface area (TPSA) is 55.4 Å². The van der Waals surface area contributed by atoms with E-state index in [9.17, 15) is 9.59 Å². The number of amides is 1. The minimum absolute atomic E-state index is 0.251. The predicted octanol–water partition coefficient (Wildman–Crippen LogP) is 2.39. The lowest BCUT2D eigenvalue weighted by Crippen LogP contribution is -2.42. The summed E-state index contributed by atoms with van der Waals surface area (Å²) in [6.07, 6.45) is 0.567. The first kappa shape index (κ1) is 15.2. The van der Waals surface area contributed by atoms with Crippen LogP contribution < -0.4 is 5.32 Å². The number of hydrogen-bond donors (Lipinski definition) is 1. The molecule has 1 N–H and O–H groups in total. The second kappa shape index (κ2) is 7.56. The lowest BCUT2D eigenvalue weighted by atomic mass is 10.0. The van der Waals surface area contributed by atoms with Crippen molar-refractivity contribution in [2.24, 2.45) is 5.92 Å². The lowest BCUT2D eigenvalue weighted by Gasteiger charge is -2.19. The lowest BCUT2D eigenvalue weighted by molar-refractivity contribution is -0.145. The molecule has 0 fully saturated rings. The van der Waals surface area contributed by atoms with Gasteiger partial charge in [-0.2, -0.15) is 0 Å². The Balaban J connectivity index is 2.71. The Morgan fingerprint density at radius 2 is 1.84 bits per heavy atom. The zero-order valence-electron chi connectivity index (χ0n) is 11.7. The Morgan fingerprint density at radius 1 is 1.21 bits per heavy atom. The fourth-order valence-corrected chi connectivity index (χ4v) is 1.76. The summed E-state index contributed by atoms with van der Waals surface area (Å²) in [5.74, 6) is -0.328. The van der Waals surface area contributed by atoms with Crippen LogP contribution in [0.2, 0.25) is 0 Å². The summed E-state index contributed by atoms with van der Waals surface area (Å²) in [5, 5.41) is 2.74. The van der Waals surface area contributed by atoms with Gasteiger partial charge in [-0.25, -0.2) is 4.79 Å². The Labute approximate surface area is 114 Å². The first-order valence-electron chi connectivity index (χ1n) is 6.57. The highest BCUT2D eigenvalue weighted by Crippen LogP contribution is 2.08. The number of carbonyl (C=O) groups excluding carboxylic acids is 2. The van der Waals surface area contributed by atoms with E-state index in [1.54, 1.807) is 31.2 Å². The average Bonchev–Trinajstić information content (AvgIpc) is 2.38. The van der Waals surface area contributed by atoms with Crippen LogP contribution in [-0.2, 0) is 9.53 Å². The zero-order valence-corrected chi connectivity index (χ0v) is 11.7. The van der Waals surface area contributed by atoms with Crippen LogP contribution in [0.1, 0.15) is 37.6 Å². The standard InChI is InChI=1S/C15H21NO3/c1-4-19-15(18)13(10-11(2)3)16-14(17)12-8-6-5-7-9-12/h5-9,11,13H,4,10H2,1-3H3,(H,16,17). The first-order chi connectivity index (χ1) is 9.04. The van der Waals surface area contributed by atoms with E-state index in [-0.39, 0.29) is 11.9 Å². The second-order valence-corrected chi connectivity index (χ2v) is 4.77. The van der Waals surface area contributed by atoms with Gasteiger partial charge in [-0.3, -0.25) is 4.79 Å². The fraction of sp³-hybridized carbons (Fsp3) is 0.467. The molecule has 0 bridgehead atoms. The summed E-state index contributed by atoms with van der Waals surface area (Å²) in [4.78, 5) is 23.8. The molecule has 1 amide bonds. The molecule has 0 aliphatic rings. The minimum Gasteiger partial charge on any atom is -0.464 e. The van der Waals surface area contributed by atoms with Gasteiger partial charge in [0.05, 0.1) is 6.61 Å². The average molecular weight is 263 g/mol. The van der Waals surface area contributed by atoms with Crippen molar-refractivity contribution in [1.82, 2.24) is 5.32 Å². The van der Waals surface area contributed by atoms with Crippen LogP contribution in [0.25, 0.3) is 0 Å². The minimum atomic E-state index is -0.590. The molecule has 0 heterocycles. The van der Waals surface area contributed by atoms with E-state index in [1.165, 1.54) is 0 Å². The van der Waals surface area contributed by atoms with Crippen molar-refractivity contribution in [3.63, 3.8) is 0 Å². The molecule has 0 aliphatic carbocycles. The molecule has 1 atom stereocenters. The van der Waals surface area contributed by atoms with Gasteiger partial charge in [0.15, 0.2) is 0 Å². The maximum atomic E-state index is 12.0. The number of ether oxygens (including phenoxy) is 1. The smallest absolute Gasteiger partial charge is 0.328 e. The molecule has 0 saturated carbocycles. The van der Waals surface area contributed by atoms with Crippen LogP contribution in [0.15, 0.2) is 30.3 Å². The molecule has 4 nitrogen and oxygen atoms in total. The van der Waals surface area contributed by atoms with Crippen molar-refractivity contribution >= 4 is 11.9 Å². The molecule has 104 valence electrons. The second-order valence-electron chi connectivity index (χ2n) is 4.77. The van der Waals surface area contributed by atoms with Gasteiger partial charge < -0.3 is 10.1 Å². The Kier molecular flexibility index (Phi) is 6.06. The molecule has 4 heteroatoms. The van der Waals surface area contributed by atoms with Gasteiger partial charge in [0.1, 0.15) is 6.04 Å². The van der Waals surface area contributed by atoms with E-state index < -0.39 is 6.04 Å². The van der Waals surface area contributed by atoms with E-state index in [2.05, 4.69) is 5.32 Å². The third kappa shape index (κ3) is 5.12. The highest BCUT2D eigenvalue weighted by atomic mass is 16.5. The molecule has 1 aromatic rings. The number of benzene rings is 1. The van der Waals surface area contributed by atoms with Crippen molar-refractivity contribution in [1.29, 1.82) is 0 Å². The van der Waals surface area contributed by atoms with E-state index in [4.69, 9.17) is 4.74 Å². The fourth-order valence-electron chi connectivity index (χ4n) is 1.76. The summed E-state index contributed by atoms with van der Waals surface area (Å²) < 4.78 is 4.99. The number of nitrogens with one attached hydrogen (secondary N) is 1. The molecule has 1 aromatic carbocycles. The maximum Gasteiger partial charge on any atom is 0.328 e. The number of rotatable bonds is 6. The molecule has 0 aliphatic heterocycles. The zero-order chi connectivity index (χ0) is 14.3. The van der Waals surface area contributed by atoms with Gasteiger partial charge in [-0.15, -0.1) is 0 Å². The van der Waals surface area contributed by atoms with Crippen molar-refractivity contribution in [2.45, 2.75) is 33.2 Å². The van der Waals surface area contributed by atoms with Gasteiger partial charge in [-0.1, -0.05) is 32.0 Å². The molecular weight excluding hydrogens is 242 g/mol. The van der Waals surface area contributed by atoms with Gasteiger partial charge in [0.25, 0.3) is 5.91 Å². The largest absolute Gasteiger partial charge is 0.464 e. The third-order valence-corrected chi connectivity index (χ3v) is 2.62. The molecule has 0 saturated heterocycles. The van der Waals surface area contributed by atoms with Crippen molar-refractivity contribution in [3.05, 3.63) is 35.9 Å². The number of carbonyl (C=O) groups is 2. The van der Waals surface area contributed by atoms with Crippen LogP contribution in [0.5, 0.6) is 0 Å². The molecule has 0 aromatic heterocycles. The first-order valence-corrected chi connectivity index (χ1v) is 6.57. The Morgan fingerprint density at radius 3 is 2.37 bits per heavy atom. The SMILES string of the molecule is CCOC(=O)C(CC(C)C)NC(=O)c1ccccc1. The van der Waals surface area contributed by atoms with Gasteiger partial charge in [0.2, 0.25) is 0 Å². The van der Waals surface area contributed by atoms with Crippen LogP contribution in [0, 0.1) is 5.92 Å². The van der Waals surface area contributed by atoms with E-state index >= 15 is 0 Å². The summed E-state index contributed by atoms with van der Waals surface area (Å²) in [5.41, 5.74) is 0.542. The van der Waals surface area contributed by atoms with E-state index in [0.717, 1.165) is 0 Å². The summed E-state index contributed by atoms with van der Waals surface area (Å²) >= 11 is 0. The van der Waals surface area contributed by atoms with Crippen LogP contribution in [0.3, 0.4) is 0 Å². The molecule has 0 spiro atoms. The highest BCUT2D eigenvalue weighted by Gasteiger charge is 2.23.